The Labute approximate surface area is 492 Å². The highest BCUT2D eigenvalue weighted by Crippen LogP contribution is 2.34. The Bertz CT molecular complexity index is 4050. The summed E-state index contributed by atoms with van der Waals surface area (Å²) in [6, 6.07) is 37.1. The van der Waals surface area contributed by atoms with E-state index < -0.39 is 103 Å². The maximum atomic E-state index is 14.0. The summed E-state index contributed by atoms with van der Waals surface area (Å²) in [4.78, 5) is 102. The number of allylic oxidation sites excluding steroid dienone is 1. The number of hydrogen-bond acceptors (Lipinski definition) is 17. The zero-order valence-corrected chi connectivity index (χ0v) is 45.9. The van der Waals surface area contributed by atoms with Gasteiger partial charge in [-0.2, -0.15) is 0 Å². The Hall–Kier alpha value is -9.95. The van der Waals surface area contributed by atoms with Gasteiger partial charge in [0.2, 0.25) is 12.4 Å². The number of aromatic amines is 4. The molecule has 1 aliphatic carbocycles. The van der Waals surface area contributed by atoms with Gasteiger partial charge in [-0.05, 0) is 69.6 Å². The number of hydrogen-bond donors (Lipinski definition) is 11. The van der Waals surface area contributed by atoms with Crippen molar-refractivity contribution in [2.75, 3.05) is 0 Å². The number of aromatic nitrogens is 4. The Balaban J connectivity index is 0.000000263. The van der Waals surface area contributed by atoms with E-state index in [1.807, 2.05) is 121 Å². The molecule has 24 nitrogen and oxygen atoms in total. The lowest BCUT2D eigenvalue weighted by atomic mass is 9.97. The SMILES string of the molecule is O=C(Cc1c[nH]c2ccccc12)OC1O[C@H](C(=O)O)[C@@H](OC(=O)Cc2c[nH]c3ccccc23)[C@H](OC(=O)Cc2c[nH]c3ccccc23)[C@H]1OC(=O)Cc1c[nH]c2ccccc12.O=C(O)CC1=CCc2ccccc21.O=C(O)[C@H]1O[C@H](O)[C@H](O)[C@@H](O)[C@@H]1O. The molecule has 12 rings (SSSR count). The number of nitrogens with one attached hydrogen (secondary N) is 4. The smallest absolute Gasteiger partial charge is 0.337 e. The van der Waals surface area contributed by atoms with Crippen molar-refractivity contribution in [3.63, 3.8) is 0 Å². The van der Waals surface area contributed by atoms with Gasteiger partial charge in [0.1, 0.15) is 18.3 Å². The number of benzene rings is 5. The monoisotopic (exact) mass is 1190 g/mol. The summed E-state index contributed by atoms with van der Waals surface area (Å²) in [6.45, 7) is 0. The number of carbonyl (C=O) groups is 7. The van der Waals surface area contributed by atoms with Gasteiger partial charge in [0.15, 0.2) is 30.7 Å². The predicted molar refractivity (Wildman–Crippen MR) is 307 cm³/mol. The molecule has 3 aliphatic rings. The fourth-order valence-electron chi connectivity index (χ4n) is 10.7. The number of esters is 4. The molecular formula is C63H58N4O20. The second-order valence-electron chi connectivity index (χ2n) is 20.7. The Kier molecular flexibility index (Phi) is 18.4. The summed E-state index contributed by atoms with van der Waals surface area (Å²) < 4.78 is 34.0. The zero-order chi connectivity index (χ0) is 61.5. The van der Waals surface area contributed by atoms with Gasteiger partial charge in [0.25, 0.3) is 0 Å². The molecule has 0 saturated carbocycles. The first-order chi connectivity index (χ1) is 41.9. The highest BCUT2D eigenvalue weighted by Gasteiger charge is 2.56. The van der Waals surface area contributed by atoms with Crippen molar-refractivity contribution in [2.24, 2.45) is 0 Å². The summed E-state index contributed by atoms with van der Waals surface area (Å²) >= 11 is 0. The average Bonchev–Trinajstić information content (AvgIpc) is 2.85. The molecule has 1 unspecified atom stereocenters. The summed E-state index contributed by atoms with van der Waals surface area (Å²) in [6.07, 6.45) is -9.84. The van der Waals surface area contributed by atoms with E-state index in [4.69, 9.17) is 54.3 Å². The van der Waals surface area contributed by atoms with Crippen LogP contribution in [0.5, 0.6) is 0 Å². The second kappa shape index (κ2) is 26.5. The van der Waals surface area contributed by atoms with Crippen LogP contribution in [0.4, 0.5) is 0 Å². The van der Waals surface area contributed by atoms with Crippen molar-refractivity contribution in [1.82, 2.24) is 19.9 Å². The number of aliphatic hydroxyl groups is 4. The molecule has 0 bridgehead atoms. The van der Waals surface area contributed by atoms with Gasteiger partial charge in [-0.25, -0.2) is 9.59 Å². The van der Waals surface area contributed by atoms with Gasteiger partial charge in [0, 0.05) is 68.4 Å². The van der Waals surface area contributed by atoms with Gasteiger partial charge >= 0.3 is 41.8 Å². The van der Waals surface area contributed by atoms with Gasteiger partial charge in [-0.1, -0.05) is 103 Å². The lowest BCUT2D eigenvalue weighted by molar-refractivity contribution is -0.294. The third-order valence-corrected chi connectivity index (χ3v) is 14.9. The van der Waals surface area contributed by atoms with E-state index in [0.717, 1.165) is 61.2 Å². The number of aliphatic carboxylic acids is 3. The van der Waals surface area contributed by atoms with Crippen LogP contribution in [0.1, 0.15) is 39.8 Å². The molecule has 0 spiro atoms. The van der Waals surface area contributed by atoms with Gasteiger partial charge in [-0.3, -0.25) is 24.0 Å². The molecule has 10 atom stereocenters. The van der Waals surface area contributed by atoms with Crippen LogP contribution in [-0.2, 0) is 94.1 Å². The van der Waals surface area contributed by atoms with E-state index in [2.05, 4.69) is 24.7 Å². The molecular weight excluding hydrogens is 1130 g/mol. The maximum absolute atomic E-state index is 14.0. The van der Waals surface area contributed by atoms with E-state index in [0.29, 0.717) is 22.3 Å². The molecule has 2 fully saturated rings. The minimum absolute atomic E-state index is 0.136. The predicted octanol–water partition coefficient (Wildman–Crippen LogP) is 4.94. The van der Waals surface area contributed by atoms with E-state index in [9.17, 15) is 38.7 Å². The Morgan fingerprint density at radius 2 is 0.816 bits per heavy atom. The maximum Gasteiger partial charge on any atom is 0.337 e. The van der Waals surface area contributed by atoms with Crippen LogP contribution >= 0.6 is 0 Å². The molecule has 5 aromatic carbocycles. The summed E-state index contributed by atoms with van der Waals surface area (Å²) in [5, 5.41) is 66.6. The molecule has 0 amide bonds. The minimum Gasteiger partial charge on any atom is -0.481 e. The van der Waals surface area contributed by atoms with Crippen molar-refractivity contribution >= 4 is 91.0 Å². The summed E-state index contributed by atoms with van der Waals surface area (Å²) in [7, 11) is 0. The largest absolute Gasteiger partial charge is 0.481 e. The number of fused-ring (bicyclic) bond motifs is 5. The van der Waals surface area contributed by atoms with Crippen LogP contribution in [0.2, 0.25) is 0 Å². The number of para-hydroxylation sites is 4. The van der Waals surface area contributed by atoms with Crippen LogP contribution in [0.25, 0.3) is 49.2 Å². The molecule has 11 N–H and O–H groups in total. The molecule has 87 heavy (non-hydrogen) atoms. The molecule has 0 radical (unpaired) electrons. The first-order valence-corrected chi connectivity index (χ1v) is 27.4. The van der Waals surface area contributed by atoms with Crippen molar-refractivity contribution in [3.05, 3.63) is 186 Å². The number of carboxylic acid groups (broad SMARTS) is 3. The molecule has 9 aromatic rings. The van der Waals surface area contributed by atoms with Crippen molar-refractivity contribution in [3.8, 4) is 0 Å². The molecule has 450 valence electrons. The number of carbonyl (C=O) groups excluding carboxylic acids is 4. The van der Waals surface area contributed by atoms with Crippen LogP contribution in [0.15, 0.2) is 152 Å². The molecule has 4 aromatic heterocycles. The van der Waals surface area contributed by atoms with Crippen LogP contribution < -0.4 is 0 Å². The normalized spacial score (nSPS) is 22.2. The molecule has 2 saturated heterocycles. The number of rotatable bonds is 16. The number of H-pyrrole nitrogens is 4. The number of ether oxygens (including phenoxy) is 6. The van der Waals surface area contributed by atoms with Gasteiger partial charge in [0.05, 0.1) is 32.1 Å². The first kappa shape index (κ1) is 60.2. The van der Waals surface area contributed by atoms with Crippen LogP contribution in [0.3, 0.4) is 0 Å². The van der Waals surface area contributed by atoms with E-state index in [-0.39, 0.29) is 32.1 Å². The highest BCUT2D eigenvalue weighted by atomic mass is 16.7. The minimum atomic E-state index is -2.05. The van der Waals surface area contributed by atoms with E-state index >= 15 is 0 Å². The average molecular weight is 1190 g/mol. The zero-order valence-electron chi connectivity index (χ0n) is 45.9. The fraction of sp³-hybridized carbons (Fsp3) is 0.254. The quantitative estimate of drug-likeness (QED) is 0.0450. The Morgan fingerprint density at radius 3 is 1.25 bits per heavy atom. The lowest BCUT2D eigenvalue weighted by Gasteiger charge is -2.42. The summed E-state index contributed by atoms with van der Waals surface area (Å²) in [5.41, 5.74) is 8.61. The Morgan fingerprint density at radius 1 is 0.425 bits per heavy atom. The van der Waals surface area contributed by atoms with Crippen LogP contribution in [0, 0.1) is 0 Å². The molecule has 24 heteroatoms. The number of carboxylic acids is 3. The van der Waals surface area contributed by atoms with Gasteiger partial charge in [-0.15, -0.1) is 0 Å². The van der Waals surface area contributed by atoms with Crippen molar-refractivity contribution in [2.45, 2.75) is 99.9 Å². The molecule has 6 heterocycles. The van der Waals surface area contributed by atoms with Crippen LogP contribution in [-0.4, -0.2) is 159 Å². The fourth-order valence-corrected chi connectivity index (χ4v) is 10.7. The third-order valence-electron chi connectivity index (χ3n) is 14.9. The first-order valence-electron chi connectivity index (χ1n) is 27.4. The second-order valence-corrected chi connectivity index (χ2v) is 20.7. The topological polar surface area (TPSA) is 380 Å². The van der Waals surface area contributed by atoms with E-state index in [1.54, 1.807) is 30.9 Å². The highest BCUT2D eigenvalue weighted by molar-refractivity contribution is 5.91. The third kappa shape index (κ3) is 13.8. The van der Waals surface area contributed by atoms with Crippen molar-refractivity contribution in [1.29, 1.82) is 0 Å². The standard InChI is InChI=1S/C46H38N4O11.C11H10O2.C6H10O7/c51-37(17-25-21-47-33-13-5-1-9-29(25)33)57-41-42(58-38(52)18-26-22-48-34-14-6-2-10-30(26)34)44(59-39(53)19-27-23-49-35-15-7-3-11-31(27)35)46(61-43(41)45(55)56)60-40(54)20-28-24-50-36-16-8-4-12-32(28)36;12-11(13)7-9-6-5-8-3-1-2-4-10(8)9;7-1-2(8)4(5(10)11)13-6(12)3(1)9/h1-16,21-24,41-44,46-50H,17-20H2,(H,55,56);1-4,6H,5,7H2,(H,12,13);1-4,6-9,12H,(H,10,11)/t41-,42-,43-,44+,46?;;1-,2-,3+,4-,6-/m0.0/s1. The number of aliphatic hydroxyl groups excluding tert-OH is 4. The lowest BCUT2D eigenvalue weighted by Crippen LogP contribution is -2.64. The summed E-state index contributed by atoms with van der Waals surface area (Å²) in [5.74, 6) is -7.38. The van der Waals surface area contributed by atoms with E-state index in [1.165, 1.54) is 5.56 Å². The van der Waals surface area contributed by atoms with Gasteiger partial charge < -0.3 is 84.1 Å². The molecule has 2 aliphatic heterocycles. The van der Waals surface area contributed by atoms with Crippen molar-refractivity contribution < 1.29 is 97.7 Å².